The highest BCUT2D eigenvalue weighted by Gasteiger charge is 2.29. The van der Waals surface area contributed by atoms with E-state index in [4.69, 9.17) is 34.8 Å². The van der Waals surface area contributed by atoms with Gasteiger partial charge in [-0.05, 0) is 0 Å². The zero-order valence-corrected chi connectivity index (χ0v) is 6.59. The molecule has 0 radical (unpaired) electrons. The summed E-state index contributed by atoms with van der Waals surface area (Å²) in [6.45, 7) is 0. The molecule has 4 heteroatoms. The molecule has 9 heavy (non-hydrogen) atoms. The SMILES string of the molecule is O=C1C(Cl)=C(Cl)CC1Cl. The zero-order chi connectivity index (χ0) is 7.02. The number of Topliss-reactive ketones (excluding diaryl/α,β-unsaturated/α-hetero) is 1. The topological polar surface area (TPSA) is 17.1 Å². The lowest BCUT2D eigenvalue weighted by atomic mass is 10.3. The molecular weight excluding hydrogens is 182 g/mol. The molecule has 0 heterocycles. The molecule has 0 N–H and O–H groups in total. The number of halogens is 3. The fourth-order valence-corrected chi connectivity index (χ4v) is 1.47. The second-order valence-electron chi connectivity index (χ2n) is 1.75. The third-order valence-electron chi connectivity index (χ3n) is 1.10. The number of allylic oxidation sites excluding steroid dienone is 2. The number of hydrogen-bond acceptors (Lipinski definition) is 1. The van der Waals surface area contributed by atoms with Crippen molar-refractivity contribution in [2.45, 2.75) is 11.8 Å². The average molecular weight is 185 g/mol. The third kappa shape index (κ3) is 1.23. The van der Waals surface area contributed by atoms with Gasteiger partial charge in [0.15, 0.2) is 5.78 Å². The van der Waals surface area contributed by atoms with E-state index in [2.05, 4.69) is 0 Å². The minimum Gasteiger partial charge on any atom is -0.291 e. The quantitative estimate of drug-likeness (QED) is 0.529. The smallest absolute Gasteiger partial charge is 0.193 e. The first-order valence-corrected chi connectivity index (χ1v) is 3.54. The molecule has 0 aromatic rings. The Labute approximate surface area is 67.6 Å². The van der Waals surface area contributed by atoms with Crippen LogP contribution in [0.15, 0.2) is 10.1 Å². The Morgan fingerprint density at radius 2 is 2.00 bits per heavy atom. The molecule has 1 aliphatic carbocycles. The van der Waals surface area contributed by atoms with Gasteiger partial charge in [0.05, 0.1) is 5.03 Å². The highest BCUT2D eigenvalue weighted by atomic mass is 35.5. The lowest BCUT2D eigenvalue weighted by Gasteiger charge is -1.90. The molecule has 1 atom stereocenters. The average Bonchev–Trinajstić information content (AvgIpc) is 1.98. The van der Waals surface area contributed by atoms with Gasteiger partial charge in [0, 0.05) is 11.5 Å². The minimum atomic E-state index is -0.537. The van der Waals surface area contributed by atoms with E-state index in [9.17, 15) is 4.79 Å². The second kappa shape index (κ2) is 2.49. The van der Waals surface area contributed by atoms with Crippen LogP contribution in [0.2, 0.25) is 0 Å². The summed E-state index contributed by atoms with van der Waals surface area (Å²) in [5.74, 6) is -0.261. The molecule has 0 saturated heterocycles. The maximum atomic E-state index is 10.7. The highest BCUT2D eigenvalue weighted by Crippen LogP contribution is 2.31. The van der Waals surface area contributed by atoms with Gasteiger partial charge in [-0.2, -0.15) is 0 Å². The Bertz CT molecular complexity index is 185. The molecule has 0 aromatic heterocycles. The van der Waals surface area contributed by atoms with Gasteiger partial charge in [-0.15, -0.1) is 11.6 Å². The number of carbonyl (C=O) groups excluding carboxylic acids is 1. The van der Waals surface area contributed by atoms with E-state index in [1.54, 1.807) is 0 Å². The highest BCUT2D eigenvalue weighted by molar-refractivity contribution is 6.54. The van der Waals surface area contributed by atoms with Crippen LogP contribution in [0.5, 0.6) is 0 Å². The Morgan fingerprint density at radius 3 is 2.11 bits per heavy atom. The van der Waals surface area contributed by atoms with Crippen LogP contribution in [-0.4, -0.2) is 11.2 Å². The van der Waals surface area contributed by atoms with Crippen molar-refractivity contribution in [1.82, 2.24) is 0 Å². The van der Waals surface area contributed by atoms with Crippen molar-refractivity contribution in [3.05, 3.63) is 10.1 Å². The van der Waals surface area contributed by atoms with Gasteiger partial charge in [-0.1, -0.05) is 23.2 Å². The second-order valence-corrected chi connectivity index (χ2v) is 3.12. The number of hydrogen-bond donors (Lipinski definition) is 0. The van der Waals surface area contributed by atoms with Crippen molar-refractivity contribution in [2.75, 3.05) is 0 Å². The summed E-state index contributed by atoms with van der Waals surface area (Å²) < 4.78 is 0. The number of ketones is 1. The van der Waals surface area contributed by atoms with Crippen LogP contribution in [0.1, 0.15) is 6.42 Å². The molecule has 50 valence electrons. The van der Waals surface area contributed by atoms with Gasteiger partial charge in [0.2, 0.25) is 0 Å². The lowest BCUT2D eigenvalue weighted by Crippen LogP contribution is -2.05. The van der Waals surface area contributed by atoms with E-state index in [-0.39, 0.29) is 10.8 Å². The van der Waals surface area contributed by atoms with Crippen molar-refractivity contribution in [1.29, 1.82) is 0 Å². The minimum absolute atomic E-state index is 0.0941. The van der Waals surface area contributed by atoms with E-state index >= 15 is 0 Å². The summed E-state index contributed by atoms with van der Waals surface area (Å²) in [4.78, 5) is 10.7. The summed E-state index contributed by atoms with van der Waals surface area (Å²) in [5.41, 5.74) is 0. The van der Waals surface area contributed by atoms with Crippen LogP contribution in [0.25, 0.3) is 0 Å². The molecule has 0 fully saturated rings. The normalized spacial score (nSPS) is 27.9. The fraction of sp³-hybridized carbons (Fsp3) is 0.400. The largest absolute Gasteiger partial charge is 0.291 e. The summed E-state index contributed by atoms with van der Waals surface area (Å²) >= 11 is 16.4. The molecule has 0 amide bonds. The molecule has 0 aromatic carbocycles. The summed E-state index contributed by atoms with van der Waals surface area (Å²) in [7, 11) is 0. The van der Waals surface area contributed by atoms with Crippen LogP contribution in [-0.2, 0) is 4.79 Å². The van der Waals surface area contributed by atoms with Crippen molar-refractivity contribution in [3.8, 4) is 0 Å². The molecule has 1 nitrogen and oxygen atoms in total. The first kappa shape index (κ1) is 7.39. The van der Waals surface area contributed by atoms with Gasteiger partial charge < -0.3 is 0 Å². The van der Waals surface area contributed by atoms with Crippen LogP contribution in [0.4, 0.5) is 0 Å². The van der Waals surface area contributed by atoms with Crippen molar-refractivity contribution in [2.24, 2.45) is 0 Å². The molecule has 0 spiro atoms. The van der Waals surface area contributed by atoms with Gasteiger partial charge >= 0.3 is 0 Å². The van der Waals surface area contributed by atoms with E-state index in [0.717, 1.165) is 0 Å². The van der Waals surface area contributed by atoms with E-state index in [1.165, 1.54) is 0 Å². The first-order valence-electron chi connectivity index (χ1n) is 2.35. The van der Waals surface area contributed by atoms with E-state index in [1.807, 2.05) is 0 Å². The van der Waals surface area contributed by atoms with Gasteiger partial charge in [-0.25, -0.2) is 0 Å². The standard InChI is InChI=1S/C5H3Cl3O/c6-2-1-3(7)5(9)4(2)8/h3H,1H2. The molecule has 1 aliphatic rings. The van der Waals surface area contributed by atoms with Crippen molar-refractivity contribution < 1.29 is 4.79 Å². The van der Waals surface area contributed by atoms with Crippen molar-refractivity contribution >= 4 is 40.6 Å². The summed E-state index contributed by atoms with van der Waals surface area (Å²) in [5, 5.41) is -0.0664. The number of alkyl halides is 1. The van der Waals surface area contributed by atoms with Gasteiger partial charge in [0.25, 0.3) is 0 Å². The van der Waals surface area contributed by atoms with Crippen LogP contribution in [0, 0.1) is 0 Å². The Morgan fingerprint density at radius 1 is 1.44 bits per heavy atom. The maximum Gasteiger partial charge on any atom is 0.193 e. The monoisotopic (exact) mass is 184 g/mol. The Kier molecular flexibility index (Phi) is 2.04. The summed E-state index contributed by atoms with van der Waals surface area (Å²) in [6, 6.07) is 0. The maximum absolute atomic E-state index is 10.7. The Hall–Kier alpha value is 0.280. The van der Waals surface area contributed by atoms with E-state index in [0.29, 0.717) is 11.5 Å². The lowest BCUT2D eigenvalue weighted by molar-refractivity contribution is -0.114. The zero-order valence-electron chi connectivity index (χ0n) is 4.33. The molecule has 1 unspecified atom stereocenters. The predicted molar refractivity (Wildman–Crippen MR) is 38.0 cm³/mol. The van der Waals surface area contributed by atoms with Crippen LogP contribution < -0.4 is 0 Å². The van der Waals surface area contributed by atoms with Crippen LogP contribution in [0.3, 0.4) is 0 Å². The third-order valence-corrected chi connectivity index (χ3v) is 2.30. The molecule has 0 saturated carbocycles. The first-order chi connectivity index (χ1) is 4.13. The van der Waals surface area contributed by atoms with Crippen LogP contribution >= 0.6 is 34.8 Å². The Balaban J connectivity index is 2.87. The van der Waals surface area contributed by atoms with Crippen molar-refractivity contribution in [3.63, 3.8) is 0 Å². The summed E-state index contributed by atoms with van der Waals surface area (Å²) in [6.07, 6.45) is 0.376. The number of carbonyl (C=O) groups is 1. The predicted octanol–water partition coefficient (Wildman–Crippen LogP) is 2.26. The van der Waals surface area contributed by atoms with Gasteiger partial charge in [-0.3, -0.25) is 4.79 Å². The van der Waals surface area contributed by atoms with Gasteiger partial charge in [0.1, 0.15) is 5.38 Å². The van der Waals surface area contributed by atoms with E-state index < -0.39 is 5.38 Å². The molecule has 0 bridgehead atoms. The fourth-order valence-electron chi connectivity index (χ4n) is 0.611. The molecular formula is C5H3Cl3O. The molecule has 0 aliphatic heterocycles. The number of rotatable bonds is 0. The molecule has 1 rings (SSSR count).